The first kappa shape index (κ1) is 20.3. The van der Waals surface area contributed by atoms with Gasteiger partial charge in [0, 0.05) is 15.7 Å². The highest BCUT2D eigenvalue weighted by atomic mass is 127. The third-order valence-corrected chi connectivity index (χ3v) is 4.96. The van der Waals surface area contributed by atoms with Gasteiger partial charge in [-0.25, -0.2) is 0 Å². The van der Waals surface area contributed by atoms with E-state index in [1.54, 1.807) is 43.3 Å². The zero-order valence-corrected chi connectivity index (χ0v) is 17.3. The number of amides is 1. The Morgan fingerprint density at radius 3 is 2.69 bits per heavy atom. The molecule has 144 valence electrons. The van der Waals surface area contributed by atoms with Crippen LogP contribution in [0.5, 0.6) is 0 Å². The largest absolute Gasteiger partial charge is 0.456 e. The number of hydrogen-bond acceptors (Lipinski definition) is 5. The van der Waals surface area contributed by atoms with Crippen LogP contribution in [-0.4, -0.2) is 10.8 Å². The topological polar surface area (TPSA) is 109 Å². The van der Waals surface area contributed by atoms with Gasteiger partial charge < -0.3 is 9.73 Å². The van der Waals surface area contributed by atoms with E-state index in [0.29, 0.717) is 11.3 Å². The van der Waals surface area contributed by atoms with Crippen LogP contribution in [-0.2, 0) is 4.79 Å². The maximum Gasteiger partial charge on any atom is 0.280 e. The highest BCUT2D eigenvalue weighted by molar-refractivity contribution is 14.1. The molecule has 1 N–H and O–H groups in total. The van der Waals surface area contributed by atoms with Crippen LogP contribution in [0.25, 0.3) is 17.4 Å². The van der Waals surface area contributed by atoms with Crippen molar-refractivity contribution in [1.82, 2.24) is 0 Å². The fourth-order valence-corrected chi connectivity index (χ4v) is 3.14. The molecule has 0 spiro atoms. The molecule has 2 aromatic carbocycles. The highest BCUT2D eigenvalue weighted by Gasteiger charge is 2.19. The maximum absolute atomic E-state index is 12.4. The monoisotopic (exact) mass is 499 g/mol. The third kappa shape index (κ3) is 4.70. The van der Waals surface area contributed by atoms with Crippen LogP contribution in [0.4, 0.5) is 11.4 Å². The van der Waals surface area contributed by atoms with E-state index < -0.39 is 10.8 Å². The standard InChI is InChI=1S/C21H14IN3O4/c1-13-6-8-16(19(10-13)25(27)28)20-9-7-15(29-20)11-14(12-23)21(26)24-18-5-3-2-4-17(18)22/h2-11H,1H3,(H,24,26)/b14-11-. The molecule has 3 aromatic rings. The van der Waals surface area contributed by atoms with Gasteiger partial charge in [-0.15, -0.1) is 0 Å². The fraction of sp³-hybridized carbons (Fsp3) is 0.0476. The number of hydrogen-bond donors (Lipinski definition) is 1. The predicted molar refractivity (Wildman–Crippen MR) is 117 cm³/mol. The molecule has 8 heteroatoms. The average Bonchev–Trinajstić information content (AvgIpc) is 3.16. The second-order valence-electron chi connectivity index (χ2n) is 6.08. The Bertz CT molecular complexity index is 1170. The number of aryl methyl sites for hydroxylation is 1. The van der Waals surface area contributed by atoms with Gasteiger partial charge in [0.2, 0.25) is 0 Å². The molecule has 0 saturated heterocycles. The van der Waals surface area contributed by atoms with E-state index in [9.17, 15) is 20.2 Å². The van der Waals surface area contributed by atoms with Crippen molar-refractivity contribution in [1.29, 1.82) is 5.26 Å². The van der Waals surface area contributed by atoms with E-state index in [1.807, 2.05) is 18.2 Å². The number of carbonyl (C=O) groups is 1. The lowest BCUT2D eigenvalue weighted by atomic mass is 10.1. The van der Waals surface area contributed by atoms with Crippen LogP contribution in [0, 0.1) is 31.9 Å². The highest BCUT2D eigenvalue weighted by Crippen LogP contribution is 2.32. The minimum atomic E-state index is -0.573. The van der Waals surface area contributed by atoms with Crippen LogP contribution in [0.15, 0.2) is 64.6 Å². The first-order valence-electron chi connectivity index (χ1n) is 8.42. The molecule has 1 heterocycles. The number of benzene rings is 2. The van der Waals surface area contributed by atoms with Crippen LogP contribution < -0.4 is 5.32 Å². The number of rotatable bonds is 5. The van der Waals surface area contributed by atoms with Crippen LogP contribution >= 0.6 is 22.6 Å². The molecule has 0 aliphatic rings. The summed E-state index contributed by atoms with van der Waals surface area (Å²) in [6, 6.07) is 17.0. The van der Waals surface area contributed by atoms with Gasteiger partial charge in [0.1, 0.15) is 23.2 Å². The van der Waals surface area contributed by atoms with Crippen molar-refractivity contribution in [3.8, 4) is 17.4 Å². The summed E-state index contributed by atoms with van der Waals surface area (Å²) in [5, 5.41) is 23.4. The lowest BCUT2D eigenvalue weighted by Gasteiger charge is -2.05. The van der Waals surface area contributed by atoms with Crippen molar-refractivity contribution in [3.63, 3.8) is 0 Å². The van der Waals surface area contributed by atoms with Crippen LogP contribution in [0.1, 0.15) is 11.3 Å². The molecular weight excluding hydrogens is 485 g/mol. The van der Waals surface area contributed by atoms with E-state index in [1.165, 1.54) is 12.1 Å². The predicted octanol–water partition coefficient (Wildman–Crippen LogP) is 5.31. The second-order valence-corrected chi connectivity index (χ2v) is 7.25. The fourth-order valence-electron chi connectivity index (χ4n) is 2.62. The molecule has 0 aliphatic heterocycles. The summed E-state index contributed by atoms with van der Waals surface area (Å²) in [7, 11) is 0. The van der Waals surface area contributed by atoms with Crippen molar-refractivity contribution >= 4 is 45.9 Å². The van der Waals surface area contributed by atoms with E-state index >= 15 is 0 Å². The normalized spacial score (nSPS) is 11.0. The van der Waals surface area contributed by atoms with Crippen molar-refractivity contribution < 1.29 is 14.1 Å². The van der Waals surface area contributed by atoms with Crippen molar-refractivity contribution in [2.45, 2.75) is 6.92 Å². The van der Waals surface area contributed by atoms with Gasteiger partial charge in [0.05, 0.1) is 16.2 Å². The molecule has 1 amide bonds. The summed E-state index contributed by atoms with van der Waals surface area (Å²) >= 11 is 2.08. The van der Waals surface area contributed by atoms with Crippen LogP contribution in [0.2, 0.25) is 0 Å². The number of nitrogens with zero attached hydrogens (tertiary/aromatic N) is 2. The molecule has 0 atom stereocenters. The maximum atomic E-state index is 12.4. The number of para-hydroxylation sites is 1. The molecule has 0 saturated carbocycles. The number of carbonyl (C=O) groups excluding carboxylic acids is 1. The third-order valence-electron chi connectivity index (χ3n) is 4.02. The quantitative estimate of drug-likeness (QED) is 0.168. The first-order valence-corrected chi connectivity index (χ1v) is 9.50. The van der Waals surface area contributed by atoms with Gasteiger partial charge in [-0.3, -0.25) is 14.9 Å². The Kier molecular flexibility index (Phi) is 6.09. The summed E-state index contributed by atoms with van der Waals surface area (Å²) in [5.74, 6) is -0.0570. The molecule has 0 bridgehead atoms. The molecule has 0 unspecified atom stereocenters. The van der Waals surface area contributed by atoms with Crippen molar-refractivity contribution in [2.24, 2.45) is 0 Å². The molecular formula is C21H14IN3O4. The minimum Gasteiger partial charge on any atom is -0.456 e. The Labute approximate surface area is 179 Å². The Morgan fingerprint density at radius 2 is 2.00 bits per heavy atom. The number of nitrogens with one attached hydrogen (secondary N) is 1. The zero-order chi connectivity index (χ0) is 21.0. The molecule has 0 radical (unpaired) electrons. The second kappa shape index (κ2) is 8.70. The van der Waals surface area contributed by atoms with Gasteiger partial charge in [0.15, 0.2) is 0 Å². The van der Waals surface area contributed by atoms with E-state index in [-0.39, 0.29) is 22.8 Å². The molecule has 0 aliphatic carbocycles. The minimum absolute atomic E-state index is 0.0771. The number of halogens is 1. The van der Waals surface area contributed by atoms with Crippen LogP contribution in [0.3, 0.4) is 0 Å². The number of furan rings is 1. The van der Waals surface area contributed by atoms with E-state index in [4.69, 9.17) is 4.42 Å². The Morgan fingerprint density at radius 1 is 1.24 bits per heavy atom. The Balaban J connectivity index is 1.89. The average molecular weight is 499 g/mol. The zero-order valence-electron chi connectivity index (χ0n) is 15.2. The summed E-state index contributed by atoms with van der Waals surface area (Å²) < 4.78 is 6.48. The van der Waals surface area contributed by atoms with Crippen molar-refractivity contribution in [3.05, 3.63) is 85.2 Å². The molecule has 29 heavy (non-hydrogen) atoms. The van der Waals surface area contributed by atoms with Gasteiger partial charge in [0.25, 0.3) is 11.6 Å². The summed E-state index contributed by atoms with van der Waals surface area (Å²) in [6.45, 7) is 1.76. The SMILES string of the molecule is Cc1ccc(-c2ccc(/C=C(/C#N)C(=O)Nc3ccccc3I)o2)c([N+](=O)[O-])c1. The summed E-state index contributed by atoms with van der Waals surface area (Å²) in [5.41, 5.74) is 1.44. The van der Waals surface area contributed by atoms with Gasteiger partial charge in [-0.05, 0) is 65.4 Å². The number of nitro groups is 1. The summed E-state index contributed by atoms with van der Waals surface area (Å²) in [4.78, 5) is 23.3. The van der Waals surface area contributed by atoms with E-state index in [2.05, 4.69) is 27.9 Å². The smallest absolute Gasteiger partial charge is 0.280 e. The van der Waals surface area contributed by atoms with Gasteiger partial charge in [-0.2, -0.15) is 5.26 Å². The summed E-state index contributed by atoms with van der Waals surface area (Å²) in [6.07, 6.45) is 1.30. The molecule has 7 nitrogen and oxygen atoms in total. The molecule has 3 rings (SSSR count). The van der Waals surface area contributed by atoms with E-state index in [0.717, 1.165) is 9.13 Å². The number of anilines is 1. The van der Waals surface area contributed by atoms with Crippen molar-refractivity contribution in [2.75, 3.05) is 5.32 Å². The Hall–Kier alpha value is -3.45. The molecule has 1 aromatic heterocycles. The lowest BCUT2D eigenvalue weighted by molar-refractivity contribution is -0.384. The van der Waals surface area contributed by atoms with Gasteiger partial charge in [-0.1, -0.05) is 18.2 Å². The number of nitro benzene ring substituents is 1. The molecule has 0 fully saturated rings. The first-order chi connectivity index (χ1) is 13.9. The lowest BCUT2D eigenvalue weighted by Crippen LogP contribution is -2.14. The van der Waals surface area contributed by atoms with Gasteiger partial charge >= 0.3 is 0 Å². The number of nitriles is 1.